The van der Waals surface area contributed by atoms with Crippen LogP contribution >= 0.6 is 11.6 Å². The lowest BCUT2D eigenvalue weighted by Gasteiger charge is -2.20. The van der Waals surface area contributed by atoms with Gasteiger partial charge in [0.2, 0.25) is 0 Å². The van der Waals surface area contributed by atoms with Crippen LogP contribution in [0.5, 0.6) is 5.75 Å². The number of methoxy groups -OCH3 is 1. The Balaban J connectivity index is 2.24. The van der Waals surface area contributed by atoms with Crippen molar-refractivity contribution in [2.75, 3.05) is 19.1 Å². The average molecular weight is 265 g/mol. The highest BCUT2D eigenvalue weighted by molar-refractivity contribution is 6.31. The molecule has 0 aliphatic carbocycles. The molecule has 0 N–H and O–H groups in total. The number of aromatic nitrogens is 3. The summed E-state index contributed by atoms with van der Waals surface area (Å²) >= 11 is 5.96. The predicted octanol–water partition coefficient (Wildman–Crippen LogP) is 2.17. The maximum atomic E-state index is 5.96. The van der Waals surface area contributed by atoms with E-state index in [0.717, 1.165) is 5.56 Å². The predicted molar refractivity (Wildman–Crippen MR) is 69.9 cm³/mol. The number of ether oxygens (including phenoxy) is 1. The summed E-state index contributed by atoms with van der Waals surface area (Å²) in [6.45, 7) is 0.664. The zero-order valence-electron chi connectivity index (χ0n) is 10.2. The minimum atomic E-state index is 0.306. The van der Waals surface area contributed by atoms with Crippen molar-refractivity contribution in [2.24, 2.45) is 0 Å². The summed E-state index contributed by atoms with van der Waals surface area (Å²) in [5, 5.41) is 0.306. The van der Waals surface area contributed by atoms with Gasteiger partial charge in [-0.2, -0.15) is 0 Å². The lowest BCUT2D eigenvalue weighted by atomic mass is 10.2. The van der Waals surface area contributed by atoms with Gasteiger partial charge in [0.15, 0.2) is 16.7 Å². The van der Waals surface area contributed by atoms with Crippen LogP contribution in [0, 0.1) is 0 Å². The van der Waals surface area contributed by atoms with Crippen LogP contribution in [-0.2, 0) is 6.54 Å². The summed E-state index contributed by atoms with van der Waals surface area (Å²) in [7, 11) is 3.46. The maximum Gasteiger partial charge on any atom is 0.199 e. The van der Waals surface area contributed by atoms with Crippen LogP contribution in [0.3, 0.4) is 0 Å². The second-order valence-electron chi connectivity index (χ2n) is 3.74. The highest BCUT2D eigenvalue weighted by Crippen LogP contribution is 2.31. The van der Waals surface area contributed by atoms with E-state index in [4.69, 9.17) is 16.3 Å². The van der Waals surface area contributed by atoms with Crippen molar-refractivity contribution in [3.63, 3.8) is 0 Å². The van der Waals surface area contributed by atoms with Gasteiger partial charge in [0, 0.05) is 26.0 Å². The molecule has 2 rings (SSSR count). The van der Waals surface area contributed by atoms with E-state index < -0.39 is 0 Å². The van der Waals surface area contributed by atoms with Gasteiger partial charge in [-0.3, -0.25) is 4.98 Å². The molecule has 5 nitrogen and oxygen atoms in total. The van der Waals surface area contributed by atoms with E-state index in [0.29, 0.717) is 23.3 Å². The second-order valence-corrected chi connectivity index (χ2v) is 4.10. The van der Waals surface area contributed by atoms with E-state index in [1.54, 1.807) is 13.3 Å². The number of hydrogen-bond acceptors (Lipinski definition) is 5. The van der Waals surface area contributed by atoms with Gasteiger partial charge < -0.3 is 9.64 Å². The summed E-state index contributed by atoms with van der Waals surface area (Å²) in [5.74, 6) is 1.13. The molecule has 0 atom stereocenters. The van der Waals surface area contributed by atoms with Crippen LogP contribution in [-0.4, -0.2) is 29.1 Å². The summed E-state index contributed by atoms with van der Waals surface area (Å²) in [6, 6.07) is 3.89. The fourth-order valence-electron chi connectivity index (χ4n) is 1.63. The van der Waals surface area contributed by atoms with Crippen LogP contribution < -0.4 is 9.64 Å². The Morgan fingerprint density at radius 3 is 2.89 bits per heavy atom. The SMILES string of the molecule is COc1c(Cl)ncnc1N(C)Cc1cccnc1. The van der Waals surface area contributed by atoms with Crippen molar-refractivity contribution in [2.45, 2.75) is 6.54 Å². The van der Waals surface area contributed by atoms with Gasteiger partial charge in [-0.25, -0.2) is 9.97 Å². The highest BCUT2D eigenvalue weighted by atomic mass is 35.5. The fourth-order valence-corrected chi connectivity index (χ4v) is 1.84. The van der Waals surface area contributed by atoms with Gasteiger partial charge in [0.25, 0.3) is 0 Å². The molecule has 94 valence electrons. The van der Waals surface area contributed by atoms with Crippen molar-refractivity contribution in [1.82, 2.24) is 15.0 Å². The molecule has 2 heterocycles. The third-order valence-corrected chi connectivity index (χ3v) is 2.72. The molecule has 0 radical (unpaired) electrons. The molecule has 2 aromatic rings. The van der Waals surface area contributed by atoms with Crippen molar-refractivity contribution >= 4 is 17.4 Å². The molecular weight excluding hydrogens is 252 g/mol. The molecule has 0 bridgehead atoms. The number of pyridine rings is 1. The monoisotopic (exact) mass is 264 g/mol. The number of rotatable bonds is 4. The van der Waals surface area contributed by atoms with Gasteiger partial charge in [-0.1, -0.05) is 17.7 Å². The third-order valence-electron chi connectivity index (χ3n) is 2.45. The van der Waals surface area contributed by atoms with E-state index >= 15 is 0 Å². The maximum absolute atomic E-state index is 5.96. The first kappa shape index (κ1) is 12.6. The molecule has 0 fully saturated rings. The molecule has 0 aliphatic rings. The van der Waals surface area contributed by atoms with Crippen LogP contribution in [0.25, 0.3) is 0 Å². The standard InChI is InChI=1S/C12H13ClN4O/c1-17(7-9-4-3-5-14-6-9)12-10(18-2)11(13)15-8-16-12/h3-6,8H,7H2,1-2H3. The Morgan fingerprint density at radius 1 is 1.39 bits per heavy atom. The summed E-state index contributed by atoms with van der Waals surface area (Å²) in [5.41, 5.74) is 1.08. The number of halogens is 1. The minimum Gasteiger partial charge on any atom is -0.490 e. The Kier molecular flexibility index (Phi) is 3.94. The van der Waals surface area contributed by atoms with Crippen LogP contribution in [0.4, 0.5) is 5.82 Å². The quantitative estimate of drug-likeness (QED) is 0.792. The lowest BCUT2D eigenvalue weighted by Crippen LogP contribution is -2.19. The van der Waals surface area contributed by atoms with E-state index in [-0.39, 0.29) is 0 Å². The van der Waals surface area contributed by atoms with Crippen LogP contribution in [0.15, 0.2) is 30.9 Å². The topological polar surface area (TPSA) is 51.1 Å². The molecule has 6 heteroatoms. The van der Waals surface area contributed by atoms with Crippen LogP contribution in [0.2, 0.25) is 5.15 Å². The van der Waals surface area contributed by atoms with Crippen molar-refractivity contribution < 1.29 is 4.74 Å². The molecule has 0 aromatic carbocycles. The molecule has 18 heavy (non-hydrogen) atoms. The van der Waals surface area contributed by atoms with Crippen molar-refractivity contribution in [1.29, 1.82) is 0 Å². The highest BCUT2D eigenvalue weighted by Gasteiger charge is 2.14. The van der Waals surface area contributed by atoms with Gasteiger partial charge in [-0.05, 0) is 11.6 Å². The molecule has 2 aromatic heterocycles. The molecule has 0 amide bonds. The first-order valence-corrected chi connectivity index (χ1v) is 5.74. The molecule has 0 unspecified atom stereocenters. The van der Waals surface area contributed by atoms with Crippen molar-refractivity contribution in [3.8, 4) is 5.75 Å². The summed E-state index contributed by atoms with van der Waals surface area (Å²) in [4.78, 5) is 14.1. The number of hydrogen-bond donors (Lipinski definition) is 0. The van der Waals surface area contributed by atoms with E-state index in [9.17, 15) is 0 Å². The Morgan fingerprint density at radius 2 is 2.22 bits per heavy atom. The molecular formula is C12H13ClN4O. The number of anilines is 1. The van der Waals surface area contributed by atoms with E-state index in [2.05, 4.69) is 15.0 Å². The smallest absolute Gasteiger partial charge is 0.199 e. The summed E-state index contributed by atoms with van der Waals surface area (Å²) < 4.78 is 5.22. The fraction of sp³-hybridized carbons (Fsp3) is 0.250. The van der Waals surface area contributed by atoms with Gasteiger partial charge in [0.1, 0.15) is 6.33 Å². The lowest BCUT2D eigenvalue weighted by molar-refractivity contribution is 0.411. The molecule has 0 saturated heterocycles. The van der Waals surface area contributed by atoms with Gasteiger partial charge in [-0.15, -0.1) is 0 Å². The zero-order chi connectivity index (χ0) is 13.0. The average Bonchev–Trinajstić information content (AvgIpc) is 2.39. The Labute approximate surface area is 110 Å². The second kappa shape index (κ2) is 5.64. The van der Waals surface area contributed by atoms with Crippen molar-refractivity contribution in [3.05, 3.63) is 41.6 Å². The van der Waals surface area contributed by atoms with Crippen LogP contribution in [0.1, 0.15) is 5.56 Å². The van der Waals surface area contributed by atoms with E-state index in [1.807, 2.05) is 30.3 Å². The first-order valence-electron chi connectivity index (χ1n) is 5.37. The Bertz CT molecular complexity index is 521. The summed E-state index contributed by atoms with van der Waals surface area (Å²) in [6.07, 6.45) is 4.97. The van der Waals surface area contributed by atoms with E-state index in [1.165, 1.54) is 6.33 Å². The van der Waals surface area contributed by atoms with Gasteiger partial charge in [0.05, 0.1) is 7.11 Å². The minimum absolute atomic E-state index is 0.306. The normalized spacial score (nSPS) is 10.2. The Hall–Kier alpha value is -1.88. The molecule has 0 saturated carbocycles. The molecule has 0 spiro atoms. The first-order chi connectivity index (χ1) is 8.72. The zero-order valence-corrected chi connectivity index (χ0v) is 10.9. The number of nitrogens with zero attached hydrogens (tertiary/aromatic N) is 4. The molecule has 0 aliphatic heterocycles. The van der Waals surface area contributed by atoms with Gasteiger partial charge >= 0.3 is 0 Å². The third kappa shape index (κ3) is 2.68. The largest absolute Gasteiger partial charge is 0.490 e.